The molecule has 0 unspecified atom stereocenters. The van der Waals surface area contributed by atoms with Gasteiger partial charge >= 0.3 is 16.5 Å². The number of pyridine rings is 1. The molecule has 0 saturated heterocycles. The van der Waals surface area contributed by atoms with E-state index in [2.05, 4.69) is 0 Å². The van der Waals surface area contributed by atoms with Crippen LogP contribution < -0.4 is 4.73 Å². The van der Waals surface area contributed by atoms with Gasteiger partial charge in [0.1, 0.15) is 11.6 Å². The van der Waals surface area contributed by atoms with E-state index in [1.165, 1.54) is 0 Å². The highest BCUT2D eigenvalue weighted by molar-refractivity contribution is 6.31. The topological polar surface area (TPSA) is 50.7 Å². The molecular formula is C7Cl2F4N2O. The molecule has 0 aliphatic heterocycles. The second-order valence-electron chi connectivity index (χ2n) is 2.55. The van der Waals surface area contributed by atoms with Crippen molar-refractivity contribution in [1.29, 1.82) is 5.26 Å². The maximum absolute atomic E-state index is 13.1. The molecule has 0 aromatic carbocycles. The second-order valence-corrected chi connectivity index (χ2v) is 3.27. The Bertz CT molecular complexity index is 495. The summed E-state index contributed by atoms with van der Waals surface area (Å²) in [5.74, 6) is -2.02. The third kappa shape index (κ3) is 1.86. The van der Waals surface area contributed by atoms with Crippen LogP contribution in [0.15, 0.2) is 0 Å². The van der Waals surface area contributed by atoms with Crippen LogP contribution in [-0.2, 0) is 6.18 Å². The molecule has 0 amide bonds. The van der Waals surface area contributed by atoms with E-state index in [9.17, 15) is 22.8 Å². The highest BCUT2D eigenvalue weighted by Gasteiger charge is 2.43. The molecule has 3 nitrogen and oxygen atoms in total. The van der Waals surface area contributed by atoms with E-state index < -0.39 is 38.2 Å². The Morgan fingerprint density at radius 1 is 1.25 bits per heavy atom. The highest BCUT2D eigenvalue weighted by Crippen LogP contribution is 2.37. The lowest BCUT2D eigenvalue weighted by atomic mass is 10.1. The van der Waals surface area contributed by atoms with Crippen LogP contribution in [0, 0.1) is 22.4 Å². The Labute approximate surface area is 96.0 Å². The number of alkyl halides is 3. The molecule has 0 aliphatic rings. The van der Waals surface area contributed by atoms with Crippen molar-refractivity contribution in [1.82, 2.24) is 0 Å². The average molecular weight is 275 g/mol. The monoisotopic (exact) mass is 274 g/mol. The third-order valence-electron chi connectivity index (χ3n) is 1.61. The van der Waals surface area contributed by atoms with Crippen LogP contribution in [0.2, 0.25) is 10.3 Å². The second kappa shape index (κ2) is 3.96. The van der Waals surface area contributed by atoms with E-state index >= 15 is 0 Å². The molecule has 1 heterocycles. The fourth-order valence-corrected chi connectivity index (χ4v) is 1.40. The predicted molar refractivity (Wildman–Crippen MR) is 45.1 cm³/mol. The van der Waals surface area contributed by atoms with E-state index in [0.717, 1.165) is 6.07 Å². The Morgan fingerprint density at radius 3 is 2.12 bits per heavy atom. The molecule has 0 bridgehead atoms. The van der Waals surface area contributed by atoms with Crippen molar-refractivity contribution >= 4 is 23.2 Å². The van der Waals surface area contributed by atoms with Gasteiger partial charge in [-0.15, -0.1) is 4.73 Å². The van der Waals surface area contributed by atoms with Gasteiger partial charge < -0.3 is 5.21 Å². The van der Waals surface area contributed by atoms with Crippen LogP contribution in [0.5, 0.6) is 0 Å². The summed E-state index contributed by atoms with van der Waals surface area (Å²) in [4.78, 5) is 0. The van der Waals surface area contributed by atoms with Gasteiger partial charge in [0.25, 0.3) is 0 Å². The van der Waals surface area contributed by atoms with Gasteiger partial charge in [-0.1, -0.05) is 0 Å². The van der Waals surface area contributed by atoms with E-state index in [-0.39, 0.29) is 0 Å². The maximum atomic E-state index is 13.1. The molecule has 86 valence electrons. The molecule has 0 aliphatic carbocycles. The molecule has 0 N–H and O–H groups in total. The van der Waals surface area contributed by atoms with Gasteiger partial charge in [-0.25, -0.2) is 0 Å². The van der Waals surface area contributed by atoms with Gasteiger partial charge in [0.05, 0.1) is 0 Å². The molecule has 9 heteroatoms. The summed E-state index contributed by atoms with van der Waals surface area (Å²) in [7, 11) is 0. The number of aromatic nitrogens is 1. The van der Waals surface area contributed by atoms with E-state index in [1.54, 1.807) is 0 Å². The zero-order valence-electron chi connectivity index (χ0n) is 7.07. The SMILES string of the molecule is N#Cc1c(C(F)(F)F)c(F)c(Cl)[n+]([O-])c1Cl. The minimum atomic E-state index is -5.17. The standard InChI is InChI=1S/C7Cl2F4N2O/c8-5-2(1-14)3(7(11,12)13)4(10)6(9)15(5)16. The molecule has 0 atom stereocenters. The lowest BCUT2D eigenvalue weighted by Crippen LogP contribution is -2.33. The van der Waals surface area contributed by atoms with Crippen molar-refractivity contribution in [3.63, 3.8) is 0 Å². The van der Waals surface area contributed by atoms with Crippen molar-refractivity contribution < 1.29 is 22.3 Å². The Kier molecular flexibility index (Phi) is 3.17. The van der Waals surface area contributed by atoms with Crippen molar-refractivity contribution in [2.45, 2.75) is 6.18 Å². The molecular weight excluding hydrogens is 275 g/mol. The molecule has 1 aromatic heterocycles. The molecule has 1 rings (SSSR count). The van der Waals surface area contributed by atoms with Gasteiger partial charge in [-0.3, -0.25) is 0 Å². The normalized spacial score (nSPS) is 11.3. The summed E-state index contributed by atoms with van der Waals surface area (Å²) in [5, 5.41) is 16.9. The lowest BCUT2D eigenvalue weighted by molar-refractivity contribution is -0.602. The molecule has 0 radical (unpaired) electrons. The van der Waals surface area contributed by atoms with E-state index in [1.807, 2.05) is 0 Å². The average Bonchev–Trinajstić information content (AvgIpc) is 2.18. The smallest absolute Gasteiger partial charge is 0.421 e. The van der Waals surface area contributed by atoms with Gasteiger partial charge in [0.2, 0.25) is 5.82 Å². The maximum Gasteiger partial charge on any atom is 0.421 e. The first-order chi connectivity index (χ1) is 7.21. The number of halogens is 6. The molecule has 0 saturated carbocycles. The summed E-state index contributed by atoms with van der Waals surface area (Å²) in [5.41, 5.74) is -3.25. The largest absolute Gasteiger partial charge is 0.616 e. The summed E-state index contributed by atoms with van der Waals surface area (Å²) < 4.78 is 49.7. The first-order valence-corrected chi connectivity index (χ1v) is 4.24. The Balaban J connectivity index is 3.81. The third-order valence-corrected chi connectivity index (χ3v) is 2.27. The number of nitriles is 1. The summed E-state index contributed by atoms with van der Waals surface area (Å²) >= 11 is 10.2. The zero-order valence-corrected chi connectivity index (χ0v) is 8.58. The molecule has 16 heavy (non-hydrogen) atoms. The molecule has 1 aromatic rings. The van der Waals surface area contributed by atoms with Crippen LogP contribution in [0.4, 0.5) is 17.6 Å². The van der Waals surface area contributed by atoms with Crippen LogP contribution in [-0.4, -0.2) is 0 Å². The van der Waals surface area contributed by atoms with E-state index in [0.29, 0.717) is 0 Å². The molecule has 0 fully saturated rings. The van der Waals surface area contributed by atoms with Gasteiger partial charge in [0, 0.05) is 0 Å². The number of hydrogen-bond acceptors (Lipinski definition) is 2. The minimum Gasteiger partial charge on any atom is -0.616 e. The Morgan fingerprint density at radius 2 is 1.75 bits per heavy atom. The zero-order chi connectivity index (χ0) is 12.7. The lowest BCUT2D eigenvalue weighted by Gasteiger charge is -2.11. The quantitative estimate of drug-likeness (QED) is 0.316. The number of hydrogen-bond donors (Lipinski definition) is 0. The summed E-state index contributed by atoms with van der Waals surface area (Å²) in [6, 6.07) is 1.01. The fourth-order valence-electron chi connectivity index (χ4n) is 0.961. The van der Waals surface area contributed by atoms with Crippen LogP contribution in [0.25, 0.3) is 0 Å². The molecule has 0 spiro atoms. The van der Waals surface area contributed by atoms with Crippen LogP contribution in [0.1, 0.15) is 11.1 Å². The minimum absolute atomic E-state index is 0.494. The Hall–Kier alpha value is -1.26. The van der Waals surface area contributed by atoms with E-state index in [4.69, 9.17) is 28.5 Å². The van der Waals surface area contributed by atoms with Gasteiger partial charge in [-0.05, 0) is 23.2 Å². The van der Waals surface area contributed by atoms with Crippen molar-refractivity contribution in [3.05, 3.63) is 32.5 Å². The van der Waals surface area contributed by atoms with Crippen molar-refractivity contribution in [2.75, 3.05) is 0 Å². The first kappa shape index (κ1) is 12.8. The van der Waals surface area contributed by atoms with Gasteiger partial charge in [0.15, 0.2) is 5.56 Å². The van der Waals surface area contributed by atoms with Crippen molar-refractivity contribution in [2.24, 2.45) is 0 Å². The van der Waals surface area contributed by atoms with Gasteiger partial charge in [-0.2, -0.15) is 22.8 Å². The summed E-state index contributed by atoms with van der Waals surface area (Å²) in [6.07, 6.45) is -5.17. The first-order valence-electron chi connectivity index (χ1n) is 3.49. The predicted octanol–water partition coefficient (Wildman–Crippen LogP) is 2.66. The van der Waals surface area contributed by atoms with Crippen LogP contribution >= 0.6 is 23.2 Å². The number of rotatable bonds is 0. The summed E-state index contributed by atoms with van der Waals surface area (Å²) in [6.45, 7) is 0. The van der Waals surface area contributed by atoms with Crippen LogP contribution in [0.3, 0.4) is 0 Å². The number of nitrogens with zero attached hydrogens (tertiary/aromatic N) is 2. The van der Waals surface area contributed by atoms with Crippen molar-refractivity contribution in [3.8, 4) is 6.07 Å². The highest BCUT2D eigenvalue weighted by atomic mass is 35.5. The fraction of sp³-hybridized carbons (Fsp3) is 0.143.